The molecule has 98 valence electrons. The van der Waals surface area contributed by atoms with Gasteiger partial charge in [0.05, 0.1) is 6.04 Å². The SMILES string of the molecule is Clc1ccc2c(c1)NC(c1cccc3ccccc13)C2. The third-order valence-corrected chi connectivity index (χ3v) is 4.26. The lowest BCUT2D eigenvalue weighted by Gasteiger charge is -2.14. The molecule has 1 aliphatic heterocycles. The van der Waals surface area contributed by atoms with Crippen molar-refractivity contribution in [3.63, 3.8) is 0 Å². The second-order valence-electron chi connectivity index (χ2n) is 5.27. The van der Waals surface area contributed by atoms with Gasteiger partial charge >= 0.3 is 0 Å². The van der Waals surface area contributed by atoms with Crippen LogP contribution >= 0.6 is 11.6 Å². The molecule has 0 aromatic heterocycles. The molecule has 1 N–H and O–H groups in total. The summed E-state index contributed by atoms with van der Waals surface area (Å²) in [5.74, 6) is 0. The molecule has 0 fully saturated rings. The van der Waals surface area contributed by atoms with Crippen molar-refractivity contribution in [2.24, 2.45) is 0 Å². The van der Waals surface area contributed by atoms with Crippen molar-refractivity contribution >= 4 is 28.1 Å². The van der Waals surface area contributed by atoms with E-state index < -0.39 is 0 Å². The van der Waals surface area contributed by atoms with E-state index in [4.69, 9.17) is 11.6 Å². The smallest absolute Gasteiger partial charge is 0.0561 e. The average molecular weight is 280 g/mol. The van der Waals surface area contributed by atoms with Crippen LogP contribution in [0, 0.1) is 0 Å². The molecular weight excluding hydrogens is 266 g/mol. The van der Waals surface area contributed by atoms with Gasteiger partial charge in [-0.25, -0.2) is 0 Å². The molecule has 0 spiro atoms. The van der Waals surface area contributed by atoms with E-state index in [1.165, 1.54) is 21.9 Å². The van der Waals surface area contributed by atoms with Crippen molar-refractivity contribution in [1.82, 2.24) is 0 Å². The number of benzene rings is 3. The van der Waals surface area contributed by atoms with Crippen molar-refractivity contribution in [2.45, 2.75) is 12.5 Å². The fourth-order valence-corrected chi connectivity index (χ4v) is 3.23. The molecular formula is C18H14ClN. The Morgan fingerprint density at radius 1 is 0.950 bits per heavy atom. The van der Waals surface area contributed by atoms with Crippen molar-refractivity contribution in [3.8, 4) is 0 Å². The van der Waals surface area contributed by atoms with Gasteiger partial charge in [0, 0.05) is 10.7 Å². The first-order chi connectivity index (χ1) is 9.81. The molecule has 0 aliphatic carbocycles. The first kappa shape index (κ1) is 11.8. The Morgan fingerprint density at radius 2 is 1.80 bits per heavy atom. The lowest BCUT2D eigenvalue weighted by molar-refractivity contribution is 0.832. The second kappa shape index (κ2) is 4.53. The van der Waals surface area contributed by atoms with E-state index >= 15 is 0 Å². The van der Waals surface area contributed by atoms with Crippen LogP contribution in [0.1, 0.15) is 17.2 Å². The summed E-state index contributed by atoms with van der Waals surface area (Å²) >= 11 is 6.07. The number of rotatable bonds is 1. The van der Waals surface area contributed by atoms with Crippen LogP contribution < -0.4 is 5.32 Å². The summed E-state index contributed by atoms with van der Waals surface area (Å²) < 4.78 is 0. The van der Waals surface area contributed by atoms with Gasteiger partial charge in [0.1, 0.15) is 0 Å². The zero-order valence-corrected chi connectivity index (χ0v) is 11.7. The average Bonchev–Trinajstić information content (AvgIpc) is 2.89. The summed E-state index contributed by atoms with van der Waals surface area (Å²) in [6.07, 6.45) is 1.01. The Kier molecular flexibility index (Phi) is 2.68. The number of hydrogen-bond acceptors (Lipinski definition) is 1. The summed E-state index contributed by atoms with van der Waals surface area (Å²) in [6, 6.07) is 21.5. The molecule has 3 aromatic carbocycles. The van der Waals surface area contributed by atoms with E-state index in [9.17, 15) is 0 Å². The van der Waals surface area contributed by atoms with Crippen LogP contribution in [-0.4, -0.2) is 0 Å². The standard InChI is InChI=1S/C18H14ClN/c19-14-9-8-13-10-18(20-17(13)11-14)16-7-3-5-12-4-1-2-6-15(12)16/h1-9,11,18,20H,10H2. The lowest BCUT2D eigenvalue weighted by atomic mass is 9.97. The molecule has 4 rings (SSSR count). The Balaban J connectivity index is 1.79. The van der Waals surface area contributed by atoms with Crippen LogP contribution in [0.25, 0.3) is 10.8 Å². The van der Waals surface area contributed by atoms with Crippen LogP contribution in [0.15, 0.2) is 60.7 Å². The normalized spacial score (nSPS) is 16.9. The van der Waals surface area contributed by atoms with Gasteiger partial charge in [-0.1, -0.05) is 60.1 Å². The molecule has 1 atom stereocenters. The third-order valence-electron chi connectivity index (χ3n) is 4.02. The summed E-state index contributed by atoms with van der Waals surface area (Å²) in [5, 5.41) is 7.00. The minimum absolute atomic E-state index is 0.328. The fourth-order valence-electron chi connectivity index (χ4n) is 3.06. The highest BCUT2D eigenvalue weighted by Gasteiger charge is 2.23. The highest BCUT2D eigenvalue weighted by atomic mass is 35.5. The van der Waals surface area contributed by atoms with Crippen LogP contribution in [-0.2, 0) is 6.42 Å². The first-order valence-electron chi connectivity index (χ1n) is 6.84. The monoisotopic (exact) mass is 279 g/mol. The quantitative estimate of drug-likeness (QED) is 0.645. The van der Waals surface area contributed by atoms with Crippen LogP contribution in [0.2, 0.25) is 5.02 Å². The molecule has 0 radical (unpaired) electrons. The zero-order valence-electron chi connectivity index (χ0n) is 10.9. The highest BCUT2D eigenvalue weighted by molar-refractivity contribution is 6.30. The predicted octanol–water partition coefficient (Wildman–Crippen LogP) is 5.20. The summed E-state index contributed by atoms with van der Waals surface area (Å²) in [6.45, 7) is 0. The molecule has 1 aliphatic rings. The van der Waals surface area contributed by atoms with Crippen molar-refractivity contribution in [1.29, 1.82) is 0 Å². The summed E-state index contributed by atoms with van der Waals surface area (Å²) in [5.41, 5.74) is 3.86. The van der Waals surface area contributed by atoms with Crippen LogP contribution in [0.4, 0.5) is 5.69 Å². The maximum Gasteiger partial charge on any atom is 0.0561 e. The minimum atomic E-state index is 0.328. The van der Waals surface area contributed by atoms with Crippen molar-refractivity contribution < 1.29 is 0 Å². The lowest BCUT2D eigenvalue weighted by Crippen LogP contribution is -2.06. The zero-order chi connectivity index (χ0) is 13.5. The molecule has 1 unspecified atom stereocenters. The molecule has 0 saturated carbocycles. The van der Waals surface area contributed by atoms with Crippen LogP contribution in [0.5, 0.6) is 0 Å². The molecule has 1 nitrogen and oxygen atoms in total. The third kappa shape index (κ3) is 1.86. The van der Waals surface area contributed by atoms with Gasteiger partial charge in [-0.05, 0) is 40.5 Å². The Bertz CT molecular complexity index is 789. The van der Waals surface area contributed by atoms with Gasteiger partial charge in [-0.3, -0.25) is 0 Å². The molecule has 0 saturated heterocycles. The molecule has 1 heterocycles. The van der Waals surface area contributed by atoms with E-state index in [1.54, 1.807) is 0 Å². The number of halogens is 1. The Hall–Kier alpha value is -1.99. The number of anilines is 1. The van der Waals surface area contributed by atoms with E-state index in [0.717, 1.165) is 17.1 Å². The van der Waals surface area contributed by atoms with Gasteiger partial charge < -0.3 is 5.32 Å². The number of fused-ring (bicyclic) bond motifs is 2. The van der Waals surface area contributed by atoms with Gasteiger partial charge in [-0.15, -0.1) is 0 Å². The van der Waals surface area contributed by atoms with E-state index in [1.807, 2.05) is 12.1 Å². The molecule has 0 amide bonds. The first-order valence-corrected chi connectivity index (χ1v) is 7.22. The van der Waals surface area contributed by atoms with Crippen molar-refractivity contribution in [2.75, 3.05) is 5.32 Å². The summed E-state index contributed by atoms with van der Waals surface area (Å²) in [7, 11) is 0. The van der Waals surface area contributed by atoms with Gasteiger partial charge in [0.25, 0.3) is 0 Å². The predicted molar refractivity (Wildman–Crippen MR) is 85.5 cm³/mol. The van der Waals surface area contributed by atoms with E-state index in [-0.39, 0.29) is 0 Å². The molecule has 0 bridgehead atoms. The second-order valence-corrected chi connectivity index (χ2v) is 5.71. The molecule has 3 aromatic rings. The minimum Gasteiger partial charge on any atom is -0.378 e. The Morgan fingerprint density at radius 3 is 2.75 bits per heavy atom. The number of hydrogen-bond donors (Lipinski definition) is 1. The highest BCUT2D eigenvalue weighted by Crippen LogP contribution is 2.37. The van der Waals surface area contributed by atoms with Gasteiger partial charge in [0.2, 0.25) is 0 Å². The Labute approximate surface area is 123 Å². The maximum atomic E-state index is 6.07. The largest absolute Gasteiger partial charge is 0.378 e. The molecule has 20 heavy (non-hydrogen) atoms. The van der Waals surface area contributed by atoms with Crippen molar-refractivity contribution in [3.05, 3.63) is 76.8 Å². The van der Waals surface area contributed by atoms with Gasteiger partial charge in [0.15, 0.2) is 0 Å². The topological polar surface area (TPSA) is 12.0 Å². The van der Waals surface area contributed by atoms with E-state index in [0.29, 0.717) is 6.04 Å². The van der Waals surface area contributed by atoms with Gasteiger partial charge in [-0.2, -0.15) is 0 Å². The summed E-state index contributed by atoms with van der Waals surface area (Å²) in [4.78, 5) is 0. The van der Waals surface area contributed by atoms with Crippen LogP contribution in [0.3, 0.4) is 0 Å². The van der Waals surface area contributed by atoms with E-state index in [2.05, 4.69) is 53.8 Å². The number of nitrogens with one attached hydrogen (secondary N) is 1. The maximum absolute atomic E-state index is 6.07. The fraction of sp³-hybridized carbons (Fsp3) is 0.111. The molecule has 2 heteroatoms.